The van der Waals surface area contributed by atoms with Gasteiger partial charge in [-0.1, -0.05) is 49.8 Å². The molecule has 72 valence electrons. The monoisotopic (exact) mass is 190 g/mol. The van der Waals surface area contributed by atoms with E-state index in [9.17, 15) is 0 Å². The predicted octanol–water partition coefficient (Wildman–Crippen LogP) is 0.887. The predicted molar refractivity (Wildman–Crippen MR) is 58.9 cm³/mol. The van der Waals surface area contributed by atoms with E-state index in [1.165, 1.54) is 37.7 Å². The van der Waals surface area contributed by atoms with E-state index in [0.29, 0.717) is 0 Å². The topological polar surface area (TPSA) is 0 Å². The molecule has 15 heavy (non-hydrogen) atoms. The third kappa shape index (κ3) is 4.14. The van der Waals surface area contributed by atoms with Gasteiger partial charge in [0.1, 0.15) is 0 Å². The van der Waals surface area contributed by atoms with Gasteiger partial charge in [-0.3, -0.25) is 0 Å². The summed E-state index contributed by atoms with van der Waals surface area (Å²) < 4.78 is 0. The molecule has 1 aliphatic carbocycles. The van der Waals surface area contributed by atoms with Gasteiger partial charge in [0.2, 0.25) is 0 Å². The van der Waals surface area contributed by atoms with Crippen molar-refractivity contribution in [2.45, 2.75) is 32.1 Å². The molecule has 0 aliphatic heterocycles. The largest absolute Gasteiger partial charge is 1.00 e. The third-order valence-electron chi connectivity index (χ3n) is 2.61. The zero-order valence-electron chi connectivity index (χ0n) is 9.42. The smallest absolute Gasteiger partial charge is 0.223 e. The van der Waals surface area contributed by atoms with Crippen LogP contribution in [-0.4, -0.2) is 0 Å². The van der Waals surface area contributed by atoms with Crippen LogP contribution in [0.15, 0.2) is 41.6 Å². The molecule has 1 aromatic rings. The van der Waals surface area contributed by atoms with Crippen molar-refractivity contribution in [1.29, 1.82) is 0 Å². The summed E-state index contributed by atoms with van der Waals surface area (Å²) in [5, 5.41) is 0. The van der Waals surface area contributed by atoms with Gasteiger partial charge in [-0.05, 0) is 0 Å². The molecule has 1 saturated carbocycles. The minimum Gasteiger partial charge on any atom is -0.223 e. The molecular formula is C14H15Li. The number of rotatable bonds is 1. The van der Waals surface area contributed by atoms with E-state index in [2.05, 4.69) is 23.9 Å². The summed E-state index contributed by atoms with van der Waals surface area (Å²) >= 11 is 0. The Morgan fingerprint density at radius 2 is 1.60 bits per heavy atom. The van der Waals surface area contributed by atoms with Crippen LogP contribution < -0.4 is 18.9 Å². The molecule has 0 N–H and O–H groups in total. The van der Waals surface area contributed by atoms with E-state index in [4.69, 9.17) is 0 Å². The third-order valence-corrected chi connectivity index (χ3v) is 2.61. The fourth-order valence-corrected chi connectivity index (χ4v) is 1.79. The van der Waals surface area contributed by atoms with Gasteiger partial charge >= 0.3 is 18.9 Å². The van der Waals surface area contributed by atoms with Crippen LogP contribution in [0.3, 0.4) is 0 Å². The van der Waals surface area contributed by atoms with Crippen LogP contribution in [0.2, 0.25) is 0 Å². The minimum atomic E-state index is 0. The van der Waals surface area contributed by atoms with Crippen LogP contribution in [-0.2, 0) is 0 Å². The Morgan fingerprint density at radius 3 is 2.27 bits per heavy atom. The molecule has 0 bridgehead atoms. The molecule has 2 rings (SSSR count). The first-order chi connectivity index (χ1) is 6.95. The summed E-state index contributed by atoms with van der Waals surface area (Å²) in [6, 6.07) is 10.2. The first-order valence-corrected chi connectivity index (χ1v) is 5.37. The second-order valence-corrected chi connectivity index (χ2v) is 3.78. The van der Waals surface area contributed by atoms with Gasteiger partial charge in [0.25, 0.3) is 0 Å². The first-order valence-electron chi connectivity index (χ1n) is 5.37. The van der Waals surface area contributed by atoms with Crippen molar-refractivity contribution >= 4 is 0 Å². The van der Waals surface area contributed by atoms with Crippen molar-refractivity contribution in [2.75, 3.05) is 0 Å². The van der Waals surface area contributed by atoms with Crippen LogP contribution in [0.25, 0.3) is 0 Å². The van der Waals surface area contributed by atoms with E-state index in [0.717, 1.165) is 5.56 Å². The zero-order chi connectivity index (χ0) is 9.64. The van der Waals surface area contributed by atoms with Crippen molar-refractivity contribution in [2.24, 2.45) is 0 Å². The Morgan fingerprint density at radius 1 is 0.933 bits per heavy atom. The first kappa shape index (κ1) is 12.4. The fourth-order valence-electron chi connectivity index (χ4n) is 1.79. The van der Waals surface area contributed by atoms with Gasteiger partial charge in [0.05, 0.1) is 0 Å². The quantitative estimate of drug-likeness (QED) is 0.350. The van der Waals surface area contributed by atoms with Crippen LogP contribution in [0.4, 0.5) is 0 Å². The van der Waals surface area contributed by atoms with E-state index in [1.807, 2.05) is 18.2 Å². The van der Waals surface area contributed by atoms with Gasteiger partial charge in [0, 0.05) is 0 Å². The molecule has 0 spiro atoms. The van der Waals surface area contributed by atoms with Crippen molar-refractivity contribution in [3.8, 4) is 0 Å². The zero-order valence-corrected chi connectivity index (χ0v) is 9.42. The molecule has 0 unspecified atom stereocenters. The van der Waals surface area contributed by atoms with Crippen LogP contribution in [0, 0.1) is 6.08 Å². The molecular weight excluding hydrogens is 175 g/mol. The number of allylic oxidation sites excluding steroid dienone is 1. The Hall–Kier alpha value is -0.663. The van der Waals surface area contributed by atoms with Gasteiger partial charge in [-0.2, -0.15) is 0 Å². The molecule has 0 atom stereocenters. The molecule has 1 aliphatic rings. The van der Waals surface area contributed by atoms with Crippen LogP contribution in [0.5, 0.6) is 0 Å². The maximum absolute atomic E-state index is 3.30. The van der Waals surface area contributed by atoms with Crippen LogP contribution >= 0.6 is 0 Å². The average molecular weight is 190 g/mol. The van der Waals surface area contributed by atoms with Crippen molar-refractivity contribution in [3.63, 3.8) is 0 Å². The van der Waals surface area contributed by atoms with Crippen molar-refractivity contribution in [3.05, 3.63) is 53.3 Å². The molecule has 0 aromatic heterocycles. The molecule has 0 nitrogen and oxygen atoms in total. The summed E-state index contributed by atoms with van der Waals surface area (Å²) in [5.41, 5.74) is 5.88. The molecule has 1 aromatic carbocycles. The summed E-state index contributed by atoms with van der Waals surface area (Å²) in [6.07, 6.45) is 9.72. The Labute approximate surface area is 104 Å². The van der Waals surface area contributed by atoms with Crippen molar-refractivity contribution < 1.29 is 18.9 Å². The summed E-state index contributed by atoms with van der Waals surface area (Å²) in [5.74, 6) is 0. The van der Waals surface area contributed by atoms with E-state index < -0.39 is 0 Å². The summed E-state index contributed by atoms with van der Waals surface area (Å²) in [4.78, 5) is 0. The Bertz CT molecular complexity index is 337. The number of hydrogen-bond donors (Lipinski definition) is 0. The fraction of sp³-hybridized carbons (Fsp3) is 0.357. The second kappa shape index (κ2) is 6.75. The van der Waals surface area contributed by atoms with Gasteiger partial charge in [0.15, 0.2) is 0 Å². The second-order valence-electron chi connectivity index (χ2n) is 3.78. The molecule has 1 heteroatoms. The van der Waals surface area contributed by atoms with Gasteiger partial charge in [-0.15, -0.1) is 29.8 Å². The molecule has 0 saturated heterocycles. The number of hydrogen-bond acceptors (Lipinski definition) is 0. The average Bonchev–Trinajstić information content (AvgIpc) is 2.29. The normalized spacial score (nSPS) is 15.1. The SMILES string of the molecule is C(=[C-]c1ccccc1)=C1CCCCC1.[Li+]. The van der Waals surface area contributed by atoms with E-state index in [-0.39, 0.29) is 18.9 Å². The molecule has 0 amide bonds. The Kier molecular flexibility index (Phi) is 5.59. The maximum atomic E-state index is 3.30. The summed E-state index contributed by atoms with van der Waals surface area (Å²) in [6.45, 7) is 0. The summed E-state index contributed by atoms with van der Waals surface area (Å²) in [7, 11) is 0. The minimum absolute atomic E-state index is 0. The van der Waals surface area contributed by atoms with Crippen LogP contribution in [0.1, 0.15) is 37.7 Å². The molecule has 0 radical (unpaired) electrons. The van der Waals surface area contributed by atoms with Gasteiger partial charge in [-0.25, -0.2) is 5.73 Å². The molecule has 0 heterocycles. The maximum Gasteiger partial charge on any atom is 1.00 e. The molecule has 1 fully saturated rings. The van der Waals surface area contributed by atoms with Crippen molar-refractivity contribution in [1.82, 2.24) is 0 Å². The van der Waals surface area contributed by atoms with E-state index in [1.54, 1.807) is 0 Å². The van der Waals surface area contributed by atoms with Gasteiger partial charge < -0.3 is 0 Å². The standard InChI is InChI=1S/C14H15.Li/c1-3-7-13(8-4-1)11-12-14-9-5-2-6-10-14;/h1,3-4,7-8H,2,5-6,9-10H2;/q-1;+1. The Balaban J connectivity index is 0.00000112. The van der Waals surface area contributed by atoms with E-state index >= 15 is 0 Å². The number of benzene rings is 1.